The van der Waals surface area contributed by atoms with E-state index in [4.69, 9.17) is 5.11 Å². The molecule has 0 aliphatic carbocycles. The number of nitrogens with zero attached hydrogens (tertiary/aromatic N) is 1. The lowest BCUT2D eigenvalue weighted by molar-refractivity contribution is 0.0698. The van der Waals surface area contributed by atoms with Crippen LogP contribution in [-0.2, 0) is 0 Å². The molecule has 1 saturated heterocycles. The van der Waals surface area contributed by atoms with Crippen LogP contribution in [-0.4, -0.2) is 35.1 Å². The first kappa shape index (κ1) is 15.3. The predicted octanol–water partition coefficient (Wildman–Crippen LogP) is 3.18. The van der Waals surface area contributed by atoms with Crippen molar-refractivity contribution < 1.29 is 19.1 Å². The molecule has 2 amide bonds. The molecule has 1 aromatic carbocycles. The van der Waals surface area contributed by atoms with Crippen LogP contribution >= 0.6 is 0 Å². The Hall–Kier alpha value is -2.11. The molecule has 0 radical (unpaired) electrons. The quantitative estimate of drug-likeness (QED) is 0.880. The highest BCUT2D eigenvalue weighted by Crippen LogP contribution is 2.20. The third-order valence-electron chi connectivity index (χ3n) is 3.76. The molecule has 5 nitrogen and oxygen atoms in total. The predicted molar refractivity (Wildman–Crippen MR) is 77.0 cm³/mol. The maximum Gasteiger partial charge on any atom is 0.337 e. The Morgan fingerprint density at radius 3 is 2.81 bits per heavy atom. The molecule has 0 bridgehead atoms. The Labute approximate surface area is 122 Å². The van der Waals surface area contributed by atoms with Crippen LogP contribution in [0.15, 0.2) is 18.2 Å². The Balaban J connectivity index is 2.12. The maximum absolute atomic E-state index is 13.3. The Morgan fingerprint density at radius 2 is 2.10 bits per heavy atom. The summed E-state index contributed by atoms with van der Waals surface area (Å²) in [5, 5.41) is 11.6. The molecule has 114 valence electrons. The van der Waals surface area contributed by atoms with Gasteiger partial charge in [0.15, 0.2) is 0 Å². The number of carbonyl (C=O) groups is 2. The van der Waals surface area contributed by atoms with Crippen molar-refractivity contribution in [1.82, 2.24) is 4.90 Å². The molecule has 1 unspecified atom stereocenters. The molecular formula is C15H19FN2O3. The van der Waals surface area contributed by atoms with E-state index >= 15 is 0 Å². The Morgan fingerprint density at radius 1 is 1.33 bits per heavy atom. The van der Waals surface area contributed by atoms with Gasteiger partial charge < -0.3 is 15.3 Å². The van der Waals surface area contributed by atoms with Crippen LogP contribution in [0.5, 0.6) is 0 Å². The number of urea groups is 1. The minimum atomic E-state index is -1.20. The molecule has 21 heavy (non-hydrogen) atoms. The van der Waals surface area contributed by atoms with Gasteiger partial charge in [-0.3, -0.25) is 0 Å². The minimum absolute atomic E-state index is 0.00945. The minimum Gasteiger partial charge on any atom is -0.478 e. The molecule has 1 fully saturated rings. The summed E-state index contributed by atoms with van der Waals surface area (Å²) < 4.78 is 13.3. The summed E-state index contributed by atoms with van der Waals surface area (Å²) in [7, 11) is 0. The van der Waals surface area contributed by atoms with Gasteiger partial charge in [-0.05, 0) is 43.4 Å². The van der Waals surface area contributed by atoms with Crippen LogP contribution in [0.4, 0.5) is 14.9 Å². The lowest BCUT2D eigenvalue weighted by Gasteiger charge is -2.21. The lowest BCUT2D eigenvalue weighted by Crippen LogP contribution is -2.36. The van der Waals surface area contributed by atoms with Gasteiger partial charge in [0.2, 0.25) is 0 Å². The van der Waals surface area contributed by atoms with E-state index in [1.54, 1.807) is 4.90 Å². The summed E-state index contributed by atoms with van der Waals surface area (Å²) >= 11 is 0. The zero-order valence-electron chi connectivity index (χ0n) is 11.9. The highest BCUT2D eigenvalue weighted by molar-refractivity contribution is 6.00. The van der Waals surface area contributed by atoms with Crippen molar-refractivity contribution in [2.75, 3.05) is 18.4 Å². The zero-order chi connectivity index (χ0) is 15.4. The van der Waals surface area contributed by atoms with E-state index in [0.29, 0.717) is 19.0 Å². The molecule has 0 saturated carbocycles. The molecule has 6 heteroatoms. The van der Waals surface area contributed by atoms with Gasteiger partial charge in [0.25, 0.3) is 0 Å². The van der Waals surface area contributed by atoms with Gasteiger partial charge in [-0.1, -0.05) is 6.92 Å². The first-order chi connectivity index (χ1) is 9.97. The summed E-state index contributed by atoms with van der Waals surface area (Å²) in [6.07, 6.45) is 2.91. The second-order valence-corrected chi connectivity index (χ2v) is 5.45. The number of carboxylic acid groups (broad SMARTS) is 1. The van der Waals surface area contributed by atoms with Crippen LogP contribution in [0.2, 0.25) is 0 Å². The number of hydrogen-bond acceptors (Lipinski definition) is 2. The monoisotopic (exact) mass is 294 g/mol. The van der Waals surface area contributed by atoms with E-state index in [-0.39, 0.29) is 17.3 Å². The van der Waals surface area contributed by atoms with Gasteiger partial charge in [-0.2, -0.15) is 0 Å². The summed E-state index contributed by atoms with van der Waals surface area (Å²) in [4.78, 5) is 25.0. The van der Waals surface area contributed by atoms with Gasteiger partial charge in [0.1, 0.15) is 5.82 Å². The van der Waals surface area contributed by atoms with Gasteiger partial charge in [-0.25, -0.2) is 14.0 Å². The Bertz CT molecular complexity index is 548. The standard InChI is InChI=1S/C15H19FN2O3/c1-10-3-2-7-18(8-6-10)15(21)17-13-9-11(16)4-5-12(13)14(19)20/h4-5,9-10H,2-3,6-8H2,1H3,(H,17,21)(H,19,20). The van der Waals surface area contributed by atoms with E-state index in [1.807, 2.05) is 0 Å². The number of benzene rings is 1. The van der Waals surface area contributed by atoms with E-state index in [1.165, 1.54) is 0 Å². The number of anilines is 1. The van der Waals surface area contributed by atoms with E-state index in [9.17, 15) is 14.0 Å². The van der Waals surface area contributed by atoms with Crippen molar-refractivity contribution in [3.8, 4) is 0 Å². The second kappa shape index (κ2) is 6.56. The number of carboxylic acids is 1. The van der Waals surface area contributed by atoms with Crippen molar-refractivity contribution in [3.05, 3.63) is 29.6 Å². The van der Waals surface area contributed by atoms with Crippen LogP contribution in [0, 0.1) is 11.7 Å². The zero-order valence-corrected chi connectivity index (χ0v) is 11.9. The SMILES string of the molecule is CC1CCCN(C(=O)Nc2cc(F)ccc2C(=O)O)CC1. The highest BCUT2D eigenvalue weighted by Gasteiger charge is 2.20. The molecule has 0 spiro atoms. The van der Waals surface area contributed by atoms with E-state index < -0.39 is 11.8 Å². The Kier molecular flexibility index (Phi) is 4.77. The van der Waals surface area contributed by atoms with Gasteiger partial charge in [0.05, 0.1) is 11.3 Å². The smallest absolute Gasteiger partial charge is 0.337 e. The largest absolute Gasteiger partial charge is 0.478 e. The fourth-order valence-electron chi connectivity index (χ4n) is 2.47. The first-order valence-corrected chi connectivity index (χ1v) is 7.06. The first-order valence-electron chi connectivity index (χ1n) is 7.06. The molecule has 1 aliphatic heterocycles. The third kappa shape index (κ3) is 3.93. The van der Waals surface area contributed by atoms with E-state index in [2.05, 4.69) is 12.2 Å². The van der Waals surface area contributed by atoms with Crippen LogP contribution in [0.3, 0.4) is 0 Å². The summed E-state index contributed by atoms with van der Waals surface area (Å²) in [5.74, 6) is -1.21. The van der Waals surface area contributed by atoms with Crippen molar-refractivity contribution in [2.45, 2.75) is 26.2 Å². The average Bonchev–Trinajstić information content (AvgIpc) is 2.63. The number of hydrogen-bond donors (Lipinski definition) is 2. The van der Waals surface area contributed by atoms with Crippen LogP contribution in [0.25, 0.3) is 0 Å². The van der Waals surface area contributed by atoms with Gasteiger partial charge in [-0.15, -0.1) is 0 Å². The fraction of sp³-hybridized carbons (Fsp3) is 0.467. The van der Waals surface area contributed by atoms with Crippen molar-refractivity contribution >= 4 is 17.7 Å². The summed E-state index contributed by atoms with van der Waals surface area (Å²) in [6, 6.07) is 2.86. The number of halogens is 1. The molecule has 1 aromatic rings. The van der Waals surface area contributed by atoms with Crippen molar-refractivity contribution in [2.24, 2.45) is 5.92 Å². The highest BCUT2D eigenvalue weighted by atomic mass is 19.1. The average molecular weight is 294 g/mol. The topological polar surface area (TPSA) is 69.6 Å². The lowest BCUT2D eigenvalue weighted by atomic mass is 10.0. The van der Waals surface area contributed by atoms with Crippen molar-refractivity contribution in [1.29, 1.82) is 0 Å². The number of aromatic carboxylic acids is 1. The van der Waals surface area contributed by atoms with Gasteiger partial charge in [0, 0.05) is 13.1 Å². The van der Waals surface area contributed by atoms with Gasteiger partial charge >= 0.3 is 12.0 Å². The summed E-state index contributed by atoms with van der Waals surface area (Å²) in [5.41, 5.74) is -0.127. The molecule has 2 N–H and O–H groups in total. The number of likely N-dealkylation sites (tertiary alicyclic amines) is 1. The number of carbonyl (C=O) groups excluding carboxylic acids is 1. The second-order valence-electron chi connectivity index (χ2n) is 5.45. The third-order valence-corrected chi connectivity index (χ3v) is 3.76. The fourth-order valence-corrected chi connectivity index (χ4v) is 2.47. The van der Waals surface area contributed by atoms with Crippen LogP contribution < -0.4 is 5.32 Å². The molecule has 0 aromatic heterocycles. The van der Waals surface area contributed by atoms with E-state index in [0.717, 1.165) is 37.5 Å². The molecule has 2 rings (SSSR count). The summed E-state index contributed by atoms with van der Waals surface area (Å²) in [6.45, 7) is 3.41. The number of nitrogens with one attached hydrogen (secondary N) is 1. The molecule has 1 aliphatic rings. The van der Waals surface area contributed by atoms with Crippen LogP contribution in [0.1, 0.15) is 36.5 Å². The molecule has 1 heterocycles. The maximum atomic E-state index is 13.3. The molecule has 1 atom stereocenters. The van der Waals surface area contributed by atoms with Crippen molar-refractivity contribution in [3.63, 3.8) is 0 Å². The normalized spacial score (nSPS) is 19.0. The number of amides is 2. The number of rotatable bonds is 2. The molecular weight excluding hydrogens is 275 g/mol.